The van der Waals surface area contributed by atoms with Crippen molar-refractivity contribution in [1.82, 2.24) is 19.6 Å². The fourth-order valence-corrected chi connectivity index (χ4v) is 4.88. The average molecular weight is 455 g/mol. The van der Waals surface area contributed by atoms with E-state index in [1.54, 1.807) is 18.4 Å². The van der Waals surface area contributed by atoms with Gasteiger partial charge in [0.05, 0.1) is 12.5 Å². The molecule has 6 nitrogen and oxygen atoms in total. The van der Waals surface area contributed by atoms with Crippen LogP contribution in [0.15, 0.2) is 53.3 Å². The first-order valence-corrected chi connectivity index (χ1v) is 11.6. The van der Waals surface area contributed by atoms with E-state index in [0.29, 0.717) is 11.7 Å². The molecule has 7 heteroatoms. The lowest BCUT2D eigenvalue weighted by Crippen LogP contribution is -2.47. The number of furan rings is 1. The molecule has 1 aliphatic heterocycles. The zero-order valence-electron chi connectivity index (χ0n) is 19.0. The molecule has 0 radical (unpaired) electrons. The van der Waals surface area contributed by atoms with Gasteiger partial charge in [-0.3, -0.25) is 14.4 Å². The number of nitrogens with zero attached hydrogens (tertiary/aromatic N) is 4. The lowest BCUT2D eigenvalue weighted by Gasteiger charge is -2.40. The van der Waals surface area contributed by atoms with Crippen LogP contribution < -0.4 is 0 Å². The van der Waals surface area contributed by atoms with Gasteiger partial charge in [0.15, 0.2) is 5.76 Å². The molecule has 0 bridgehead atoms. The average Bonchev–Trinajstić information content (AvgIpc) is 3.45. The van der Waals surface area contributed by atoms with Crippen molar-refractivity contribution in [3.63, 3.8) is 0 Å². The molecule has 3 aromatic rings. The maximum absolute atomic E-state index is 13.1. The lowest BCUT2D eigenvalue weighted by atomic mass is 9.84. The maximum Gasteiger partial charge on any atom is 0.289 e. The summed E-state index contributed by atoms with van der Waals surface area (Å²) in [5, 5.41) is 5.12. The van der Waals surface area contributed by atoms with Gasteiger partial charge in [-0.1, -0.05) is 29.8 Å². The Bertz CT molecular complexity index is 1040. The van der Waals surface area contributed by atoms with Gasteiger partial charge in [-0.15, -0.1) is 0 Å². The van der Waals surface area contributed by atoms with Gasteiger partial charge in [-0.05, 0) is 69.0 Å². The van der Waals surface area contributed by atoms with Crippen molar-refractivity contribution in [1.29, 1.82) is 0 Å². The summed E-state index contributed by atoms with van der Waals surface area (Å²) < 4.78 is 7.32. The quantitative estimate of drug-likeness (QED) is 0.524. The molecule has 1 fully saturated rings. The molecular weight excluding hydrogens is 424 g/mol. The standard InChI is InChI=1S/C25H31ClN4O2/c1-18-21(16-27-29(18)3)17-30-12-10-19(11-13-30)23(15-20-7-4-5-8-22(20)26)28(2)25(31)24-9-6-14-32-24/h4-9,14,16,19,23H,10-13,15,17H2,1-3H3. The molecule has 2 aromatic heterocycles. The molecule has 0 aliphatic carbocycles. The van der Waals surface area contributed by atoms with E-state index in [1.165, 1.54) is 11.3 Å². The van der Waals surface area contributed by atoms with Crippen LogP contribution in [0.4, 0.5) is 0 Å². The van der Waals surface area contributed by atoms with Crippen LogP contribution in [0.3, 0.4) is 0 Å². The van der Waals surface area contributed by atoms with Crippen LogP contribution in [-0.2, 0) is 20.0 Å². The predicted octanol–water partition coefficient (Wildman–Crippen LogP) is 4.57. The number of aromatic nitrogens is 2. The third-order valence-corrected chi connectivity index (χ3v) is 7.21. The molecular formula is C25H31ClN4O2. The zero-order valence-corrected chi connectivity index (χ0v) is 19.8. The molecule has 1 aromatic carbocycles. The highest BCUT2D eigenvalue weighted by molar-refractivity contribution is 6.31. The summed E-state index contributed by atoms with van der Waals surface area (Å²) in [4.78, 5) is 17.4. The van der Waals surface area contributed by atoms with E-state index in [4.69, 9.17) is 16.0 Å². The molecule has 0 saturated carbocycles. The Balaban J connectivity index is 1.48. The van der Waals surface area contributed by atoms with E-state index >= 15 is 0 Å². The van der Waals surface area contributed by atoms with E-state index in [0.717, 1.165) is 49.5 Å². The van der Waals surface area contributed by atoms with Gasteiger partial charge >= 0.3 is 0 Å². The number of amides is 1. The van der Waals surface area contributed by atoms with Crippen molar-refractivity contribution in [2.24, 2.45) is 13.0 Å². The minimum absolute atomic E-state index is 0.0507. The van der Waals surface area contributed by atoms with E-state index in [9.17, 15) is 4.79 Å². The number of likely N-dealkylation sites (N-methyl/N-ethyl adjacent to an activating group) is 1. The van der Waals surface area contributed by atoms with Crippen molar-refractivity contribution in [2.75, 3.05) is 20.1 Å². The molecule has 1 amide bonds. The highest BCUT2D eigenvalue weighted by Crippen LogP contribution is 2.30. The number of rotatable bonds is 7. The number of carbonyl (C=O) groups is 1. The van der Waals surface area contributed by atoms with Gasteiger partial charge in [0, 0.05) is 43.0 Å². The van der Waals surface area contributed by atoms with Crippen LogP contribution >= 0.6 is 11.6 Å². The van der Waals surface area contributed by atoms with Gasteiger partial charge in [-0.2, -0.15) is 5.10 Å². The van der Waals surface area contributed by atoms with Crippen LogP contribution in [-0.4, -0.2) is 51.7 Å². The van der Waals surface area contributed by atoms with E-state index in [1.807, 2.05) is 48.1 Å². The predicted molar refractivity (Wildman–Crippen MR) is 126 cm³/mol. The number of aryl methyl sites for hydroxylation is 1. The van der Waals surface area contributed by atoms with Crippen LogP contribution in [0.1, 0.15) is 40.2 Å². The number of hydrogen-bond donors (Lipinski definition) is 0. The molecule has 1 unspecified atom stereocenters. The largest absolute Gasteiger partial charge is 0.459 e. The summed E-state index contributed by atoms with van der Waals surface area (Å²) >= 11 is 6.48. The Morgan fingerprint density at radius 3 is 2.59 bits per heavy atom. The first kappa shape index (κ1) is 22.6. The number of benzene rings is 1. The van der Waals surface area contributed by atoms with Gasteiger partial charge in [0.25, 0.3) is 5.91 Å². The molecule has 1 atom stereocenters. The first-order chi connectivity index (χ1) is 15.4. The third kappa shape index (κ3) is 4.92. The molecule has 1 saturated heterocycles. The Morgan fingerprint density at radius 1 is 1.22 bits per heavy atom. The van der Waals surface area contributed by atoms with Crippen LogP contribution in [0.25, 0.3) is 0 Å². The number of carbonyl (C=O) groups excluding carboxylic acids is 1. The molecule has 0 N–H and O–H groups in total. The van der Waals surface area contributed by atoms with Crippen LogP contribution in [0.5, 0.6) is 0 Å². The van der Waals surface area contributed by atoms with E-state index in [2.05, 4.69) is 23.0 Å². The van der Waals surface area contributed by atoms with E-state index in [-0.39, 0.29) is 11.9 Å². The molecule has 1 aliphatic rings. The van der Waals surface area contributed by atoms with Crippen LogP contribution in [0.2, 0.25) is 5.02 Å². The number of halogens is 1. The maximum atomic E-state index is 13.1. The Labute approximate surface area is 194 Å². The Hall–Kier alpha value is -2.57. The minimum atomic E-state index is -0.0829. The summed E-state index contributed by atoms with van der Waals surface area (Å²) in [5.74, 6) is 0.683. The minimum Gasteiger partial charge on any atom is -0.459 e. The molecule has 0 spiro atoms. The third-order valence-electron chi connectivity index (χ3n) is 6.84. The van der Waals surface area contributed by atoms with Gasteiger partial charge in [0.2, 0.25) is 0 Å². The summed E-state index contributed by atoms with van der Waals surface area (Å²) in [6.45, 7) is 5.04. The van der Waals surface area contributed by atoms with Crippen molar-refractivity contribution < 1.29 is 9.21 Å². The monoisotopic (exact) mass is 454 g/mol. The summed E-state index contributed by atoms with van der Waals surface area (Å²) in [6, 6.07) is 11.5. The summed E-state index contributed by atoms with van der Waals surface area (Å²) in [7, 11) is 3.87. The number of likely N-dealkylation sites (tertiary alicyclic amines) is 1. The normalized spacial score (nSPS) is 16.2. The molecule has 170 valence electrons. The van der Waals surface area contributed by atoms with Crippen molar-refractivity contribution in [3.8, 4) is 0 Å². The molecule has 4 rings (SSSR count). The number of hydrogen-bond acceptors (Lipinski definition) is 4. The lowest BCUT2D eigenvalue weighted by molar-refractivity contribution is 0.0556. The fraction of sp³-hybridized carbons (Fsp3) is 0.440. The van der Waals surface area contributed by atoms with Crippen LogP contribution in [0, 0.1) is 12.8 Å². The SMILES string of the molecule is Cc1c(CN2CCC(C(Cc3ccccc3Cl)N(C)C(=O)c3ccco3)CC2)cnn1C. The number of piperidine rings is 1. The fourth-order valence-electron chi connectivity index (χ4n) is 4.67. The van der Waals surface area contributed by atoms with Crippen molar-refractivity contribution >= 4 is 17.5 Å². The molecule has 32 heavy (non-hydrogen) atoms. The second-order valence-corrected chi connectivity index (χ2v) is 9.16. The van der Waals surface area contributed by atoms with Crippen molar-refractivity contribution in [3.05, 3.63) is 76.5 Å². The van der Waals surface area contributed by atoms with Crippen molar-refractivity contribution in [2.45, 2.75) is 38.8 Å². The van der Waals surface area contributed by atoms with Gasteiger partial charge < -0.3 is 9.32 Å². The topological polar surface area (TPSA) is 54.5 Å². The Morgan fingerprint density at radius 2 is 1.97 bits per heavy atom. The van der Waals surface area contributed by atoms with Gasteiger partial charge in [-0.25, -0.2) is 0 Å². The molecule has 3 heterocycles. The first-order valence-electron chi connectivity index (χ1n) is 11.2. The smallest absolute Gasteiger partial charge is 0.289 e. The zero-order chi connectivity index (χ0) is 22.7. The van der Waals surface area contributed by atoms with Gasteiger partial charge in [0.1, 0.15) is 0 Å². The summed E-state index contributed by atoms with van der Waals surface area (Å²) in [6.07, 6.45) is 6.31. The second kappa shape index (κ2) is 9.92. The van der Waals surface area contributed by atoms with E-state index < -0.39 is 0 Å². The highest BCUT2D eigenvalue weighted by atomic mass is 35.5. The Kier molecular flexibility index (Phi) is 7.01. The second-order valence-electron chi connectivity index (χ2n) is 8.75. The summed E-state index contributed by atoms with van der Waals surface area (Å²) in [5.41, 5.74) is 3.57. The highest BCUT2D eigenvalue weighted by Gasteiger charge is 2.33.